The maximum atomic E-state index is 12.1. The summed E-state index contributed by atoms with van der Waals surface area (Å²) in [6, 6.07) is 12.2. The predicted molar refractivity (Wildman–Crippen MR) is 99.7 cm³/mol. The lowest BCUT2D eigenvalue weighted by Crippen LogP contribution is -2.33. The van der Waals surface area contributed by atoms with E-state index in [1.165, 1.54) is 31.2 Å². The SMILES string of the molecule is COc1cc(/C=N/NC(=O)CC2Sc3ccccc3NC2=O)ccc1O. The fourth-order valence-electron chi connectivity index (χ4n) is 2.39. The van der Waals surface area contributed by atoms with E-state index < -0.39 is 5.25 Å². The minimum atomic E-state index is -0.506. The standard InChI is InChI=1S/C18H17N3O4S/c1-25-14-8-11(6-7-13(14)22)10-19-21-17(23)9-16-18(24)20-12-4-2-3-5-15(12)26-16/h2-8,10,16,22H,9H2,1H3,(H,20,24)(H,21,23)/b19-10+. The highest BCUT2D eigenvalue weighted by Gasteiger charge is 2.28. The van der Waals surface area contributed by atoms with Gasteiger partial charge in [0.05, 0.1) is 24.3 Å². The zero-order valence-electron chi connectivity index (χ0n) is 13.9. The van der Waals surface area contributed by atoms with Gasteiger partial charge in [0.2, 0.25) is 11.8 Å². The Hall–Kier alpha value is -3.00. The zero-order valence-corrected chi connectivity index (χ0v) is 14.7. The highest BCUT2D eigenvalue weighted by molar-refractivity contribution is 8.01. The van der Waals surface area contributed by atoms with Crippen molar-refractivity contribution in [2.45, 2.75) is 16.6 Å². The molecule has 134 valence electrons. The monoisotopic (exact) mass is 371 g/mol. The molecule has 7 nitrogen and oxygen atoms in total. The van der Waals surface area contributed by atoms with Gasteiger partial charge in [0, 0.05) is 11.3 Å². The Morgan fingerprint density at radius 1 is 1.38 bits per heavy atom. The Morgan fingerprint density at radius 2 is 2.19 bits per heavy atom. The summed E-state index contributed by atoms with van der Waals surface area (Å²) < 4.78 is 5.01. The molecule has 0 saturated heterocycles. The van der Waals surface area contributed by atoms with Crippen molar-refractivity contribution in [3.8, 4) is 11.5 Å². The van der Waals surface area contributed by atoms with Crippen LogP contribution in [0.4, 0.5) is 5.69 Å². The highest BCUT2D eigenvalue weighted by atomic mass is 32.2. The minimum Gasteiger partial charge on any atom is -0.504 e. The van der Waals surface area contributed by atoms with Gasteiger partial charge >= 0.3 is 0 Å². The smallest absolute Gasteiger partial charge is 0.241 e. The number of fused-ring (bicyclic) bond motifs is 1. The average Bonchev–Trinajstić information content (AvgIpc) is 2.63. The van der Waals surface area contributed by atoms with Crippen LogP contribution < -0.4 is 15.5 Å². The molecule has 1 aliphatic rings. The summed E-state index contributed by atoms with van der Waals surface area (Å²) in [5.74, 6) is -0.223. The first-order valence-corrected chi connectivity index (χ1v) is 8.70. The third-order valence-corrected chi connectivity index (χ3v) is 4.96. The molecular formula is C18H17N3O4S. The van der Waals surface area contributed by atoms with Crippen LogP contribution in [-0.4, -0.2) is 35.5 Å². The molecule has 8 heteroatoms. The fraction of sp³-hybridized carbons (Fsp3) is 0.167. The topological polar surface area (TPSA) is 100 Å². The van der Waals surface area contributed by atoms with E-state index in [9.17, 15) is 14.7 Å². The first kappa shape index (κ1) is 17.8. The van der Waals surface area contributed by atoms with Gasteiger partial charge in [-0.1, -0.05) is 12.1 Å². The molecule has 1 atom stereocenters. The first-order valence-electron chi connectivity index (χ1n) is 7.82. The van der Waals surface area contributed by atoms with Gasteiger partial charge in [0.15, 0.2) is 11.5 Å². The lowest BCUT2D eigenvalue weighted by molar-refractivity contribution is -0.124. The number of thioether (sulfide) groups is 1. The van der Waals surface area contributed by atoms with E-state index in [0.717, 1.165) is 10.6 Å². The summed E-state index contributed by atoms with van der Waals surface area (Å²) in [5.41, 5.74) is 3.82. The van der Waals surface area contributed by atoms with Crippen LogP contribution in [0.5, 0.6) is 11.5 Å². The van der Waals surface area contributed by atoms with Crippen molar-refractivity contribution < 1.29 is 19.4 Å². The number of aromatic hydroxyl groups is 1. The second-order valence-corrected chi connectivity index (χ2v) is 6.77. The molecule has 3 rings (SSSR count). The van der Waals surface area contributed by atoms with Gasteiger partial charge in [-0.3, -0.25) is 9.59 Å². The molecule has 0 aliphatic carbocycles. The quantitative estimate of drug-likeness (QED) is 0.553. The molecule has 26 heavy (non-hydrogen) atoms. The maximum absolute atomic E-state index is 12.1. The van der Waals surface area contributed by atoms with Crippen molar-refractivity contribution in [3.05, 3.63) is 48.0 Å². The molecule has 2 amide bonds. The Morgan fingerprint density at radius 3 is 3.00 bits per heavy atom. The predicted octanol–water partition coefficient (Wildman–Crippen LogP) is 2.35. The van der Waals surface area contributed by atoms with Crippen LogP contribution in [0.25, 0.3) is 0 Å². The summed E-state index contributed by atoms with van der Waals surface area (Å²) in [7, 11) is 1.45. The van der Waals surface area contributed by atoms with E-state index >= 15 is 0 Å². The zero-order chi connectivity index (χ0) is 18.5. The Bertz CT molecular complexity index is 869. The van der Waals surface area contributed by atoms with Crippen LogP contribution in [0.3, 0.4) is 0 Å². The molecule has 1 heterocycles. The van der Waals surface area contributed by atoms with E-state index in [0.29, 0.717) is 11.3 Å². The molecule has 1 unspecified atom stereocenters. The van der Waals surface area contributed by atoms with Gasteiger partial charge in [0.1, 0.15) is 0 Å². The summed E-state index contributed by atoms with van der Waals surface area (Å²) >= 11 is 1.36. The second-order valence-electron chi connectivity index (χ2n) is 5.52. The average molecular weight is 371 g/mol. The highest BCUT2D eigenvalue weighted by Crippen LogP contribution is 2.36. The molecule has 3 N–H and O–H groups in total. The largest absolute Gasteiger partial charge is 0.504 e. The van der Waals surface area contributed by atoms with E-state index in [1.807, 2.05) is 24.3 Å². The van der Waals surface area contributed by atoms with Gasteiger partial charge in [0.25, 0.3) is 0 Å². The minimum absolute atomic E-state index is 0.0150. The van der Waals surface area contributed by atoms with Crippen molar-refractivity contribution >= 4 is 35.5 Å². The number of methoxy groups -OCH3 is 1. The number of phenolic OH excluding ortho intramolecular Hbond substituents is 1. The number of phenols is 1. The van der Waals surface area contributed by atoms with Crippen molar-refractivity contribution in [1.82, 2.24) is 5.43 Å². The molecule has 0 fully saturated rings. The number of hydrogen-bond acceptors (Lipinski definition) is 6. The molecule has 0 radical (unpaired) electrons. The lowest BCUT2D eigenvalue weighted by atomic mass is 10.2. The Balaban J connectivity index is 1.57. The number of carbonyl (C=O) groups excluding carboxylic acids is 2. The maximum Gasteiger partial charge on any atom is 0.241 e. The molecule has 2 aromatic rings. The van der Waals surface area contributed by atoms with Gasteiger partial charge in [-0.2, -0.15) is 5.10 Å². The summed E-state index contributed by atoms with van der Waals surface area (Å²) in [6.45, 7) is 0. The van der Waals surface area contributed by atoms with Crippen LogP contribution in [-0.2, 0) is 9.59 Å². The van der Waals surface area contributed by atoms with Crippen molar-refractivity contribution in [3.63, 3.8) is 0 Å². The molecule has 0 saturated carbocycles. The van der Waals surface area contributed by atoms with E-state index in [1.54, 1.807) is 12.1 Å². The number of hydrazone groups is 1. The van der Waals surface area contributed by atoms with E-state index in [2.05, 4.69) is 15.8 Å². The van der Waals surface area contributed by atoms with Crippen molar-refractivity contribution in [2.24, 2.45) is 5.10 Å². The molecule has 1 aliphatic heterocycles. The number of para-hydroxylation sites is 1. The molecule has 0 spiro atoms. The van der Waals surface area contributed by atoms with Gasteiger partial charge in [-0.05, 0) is 35.9 Å². The number of rotatable bonds is 5. The number of amides is 2. The van der Waals surface area contributed by atoms with Crippen molar-refractivity contribution in [1.29, 1.82) is 0 Å². The Kier molecular flexibility index (Phi) is 5.43. The third-order valence-electron chi connectivity index (χ3n) is 3.68. The number of carbonyl (C=O) groups is 2. The normalized spacial score (nSPS) is 16.0. The first-order chi connectivity index (χ1) is 12.6. The fourth-order valence-corrected chi connectivity index (χ4v) is 3.50. The van der Waals surface area contributed by atoms with Crippen LogP contribution in [0.2, 0.25) is 0 Å². The number of benzene rings is 2. The number of nitrogens with zero attached hydrogens (tertiary/aromatic N) is 1. The summed E-state index contributed by atoms with van der Waals surface area (Å²) in [5, 5.41) is 15.7. The Labute approximate surface area is 154 Å². The number of ether oxygens (including phenoxy) is 1. The van der Waals surface area contributed by atoms with E-state index in [-0.39, 0.29) is 24.0 Å². The number of hydrogen-bond donors (Lipinski definition) is 3. The molecule has 2 aromatic carbocycles. The summed E-state index contributed by atoms with van der Waals surface area (Å²) in [4.78, 5) is 25.1. The third kappa shape index (κ3) is 4.15. The van der Waals surface area contributed by atoms with Crippen LogP contribution in [0.1, 0.15) is 12.0 Å². The van der Waals surface area contributed by atoms with Gasteiger partial charge in [-0.15, -0.1) is 11.8 Å². The van der Waals surface area contributed by atoms with Gasteiger partial charge in [-0.25, -0.2) is 5.43 Å². The van der Waals surface area contributed by atoms with Crippen molar-refractivity contribution in [2.75, 3.05) is 12.4 Å². The second kappa shape index (κ2) is 7.92. The molecular weight excluding hydrogens is 354 g/mol. The summed E-state index contributed by atoms with van der Waals surface area (Å²) in [6.07, 6.45) is 1.45. The lowest BCUT2D eigenvalue weighted by Gasteiger charge is -2.23. The number of nitrogens with one attached hydrogen (secondary N) is 2. The van der Waals surface area contributed by atoms with Crippen LogP contribution >= 0.6 is 11.8 Å². The number of anilines is 1. The van der Waals surface area contributed by atoms with Crippen LogP contribution in [0, 0.1) is 0 Å². The van der Waals surface area contributed by atoms with Crippen LogP contribution in [0.15, 0.2) is 52.5 Å². The molecule has 0 bridgehead atoms. The van der Waals surface area contributed by atoms with E-state index in [4.69, 9.17) is 4.74 Å². The van der Waals surface area contributed by atoms with Gasteiger partial charge < -0.3 is 15.2 Å². The molecule has 0 aromatic heterocycles.